The molecule has 2 aromatic heterocycles. The fraction of sp³-hybridized carbons (Fsp3) is 0. The van der Waals surface area contributed by atoms with Crippen LogP contribution < -0.4 is 0 Å². The first-order valence-corrected chi connectivity index (χ1v) is 21.4. The predicted octanol–water partition coefficient (Wildman–Crippen LogP) is 15.4. The minimum atomic E-state index is 0.626. The molecule has 11 aromatic carbocycles. The SMILES string of the molecule is c1ccc(-c2nc(-c3ccc4ccccc4c3)nc(-c3ccc(-n4c5cc6ccccc6cc5c5c6ccccc6ccc54)c4cc(-c5cccc6ccccc56)ccc34)n2)cc1. The van der Waals surface area contributed by atoms with E-state index in [-0.39, 0.29) is 0 Å². The number of aromatic nitrogens is 4. The summed E-state index contributed by atoms with van der Waals surface area (Å²) in [6, 6.07) is 78.4. The van der Waals surface area contributed by atoms with Gasteiger partial charge in [0, 0.05) is 32.8 Å². The third-order valence-electron chi connectivity index (χ3n) is 12.8. The van der Waals surface area contributed by atoms with Crippen molar-refractivity contribution in [2.75, 3.05) is 0 Å². The van der Waals surface area contributed by atoms with E-state index in [1.165, 1.54) is 54.0 Å². The molecule has 0 saturated carbocycles. The number of hydrogen-bond acceptors (Lipinski definition) is 3. The van der Waals surface area contributed by atoms with Gasteiger partial charge in [0.15, 0.2) is 17.5 Å². The number of benzene rings is 11. The van der Waals surface area contributed by atoms with Gasteiger partial charge >= 0.3 is 0 Å². The van der Waals surface area contributed by atoms with Crippen molar-refractivity contribution in [1.29, 1.82) is 0 Å². The summed E-state index contributed by atoms with van der Waals surface area (Å²) in [5.74, 6) is 1.89. The van der Waals surface area contributed by atoms with E-state index in [0.717, 1.165) is 55.1 Å². The van der Waals surface area contributed by atoms with E-state index < -0.39 is 0 Å². The molecule has 0 saturated heterocycles. The Kier molecular flexibility index (Phi) is 7.87. The van der Waals surface area contributed by atoms with Crippen LogP contribution in [0.5, 0.6) is 0 Å². The van der Waals surface area contributed by atoms with Gasteiger partial charge in [-0.25, -0.2) is 15.0 Å². The van der Waals surface area contributed by atoms with Crippen LogP contribution in [-0.4, -0.2) is 19.5 Å². The largest absolute Gasteiger partial charge is 0.309 e. The smallest absolute Gasteiger partial charge is 0.164 e. The first-order valence-electron chi connectivity index (χ1n) is 21.4. The first kappa shape index (κ1) is 35.3. The molecule has 0 fully saturated rings. The van der Waals surface area contributed by atoms with Crippen LogP contribution in [0.3, 0.4) is 0 Å². The number of rotatable bonds is 5. The maximum absolute atomic E-state index is 5.31. The van der Waals surface area contributed by atoms with Crippen LogP contribution in [0.4, 0.5) is 0 Å². The van der Waals surface area contributed by atoms with Crippen molar-refractivity contribution in [2.24, 2.45) is 0 Å². The van der Waals surface area contributed by atoms with Crippen LogP contribution in [0.1, 0.15) is 0 Å². The molecule has 0 spiro atoms. The summed E-state index contributed by atoms with van der Waals surface area (Å²) in [7, 11) is 0. The Morgan fingerprint density at radius 3 is 1.68 bits per heavy atom. The monoisotopic (exact) mass is 800 g/mol. The molecule has 0 atom stereocenters. The highest BCUT2D eigenvalue weighted by molar-refractivity contribution is 6.24. The molecule has 4 heteroatoms. The Hall–Kier alpha value is -8.47. The zero-order chi connectivity index (χ0) is 41.4. The van der Waals surface area contributed by atoms with Crippen molar-refractivity contribution in [1.82, 2.24) is 19.5 Å². The quantitative estimate of drug-likeness (QED) is 0.174. The Bertz CT molecular complexity index is 3970. The lowest BCUT2D eigenvalue weighted by molar-refractivity contribution is 1.08. The minimum Gasteiger partial charge on any atom is -0.309 e. The predicted molar refractivity (Wildman–Crippen MR) is 263 cm³/mol. The molecule has 0 aliphatic heterocycles. The molecule has 63 heavy (non-hydrogen) atoms. The van der Waals surface area contributed by atoms with E-state index >= 15 is 0 Å². The van der Waals surface area contributed by atoms with Crippen LogP contribution in [0, 0.1) is 0 Å². The van der Waals surface area contributed by atoms with E-state index in [4.69, 9.17) is 15.0 Å². The van der Waals surface area contributed by atoms with Crippen LogP contribution in [0.2, 0.25) is 0 Å². The Balaban J connectivity index is 1.13. The average Bonchev–Trinajstić information content (AvgIpc) is 3.68. The topological polar surface area (TPSA) is 43.6 Å². The number of hydrogen-bond donors (Lipinski definition) is 0. The van der Waals surface area contributed by atoms with Crippen molar-refractivity contribution in [3.63, 3.8) is 0 Å². The maximum Gasteiger partial charge on any atom is 0.164 e. The van der Waals surface area contributed by atoms with E-state index in [2.05, 4.69) is 205 Å². The summed E-state index contributed by atoms with van der Waals surface area (Å²) in [5.41, 5.74) is 8.57. The van der Waals surface area contributed by atoms with Crippen molar-refractivity contribution < 1.29 is 0 Å². The van der Waals surface area contributed by atoms with Crippen LogP contribution >= 0.6 is 0 Å². The molecule has 4 nitrogen and oxygen atoms in total. The zero-order valence-corrected chi connectivity index (χ0v) is 34.1. The van der Waals surface area contributed by atoms with Gasteiger partial charge in [-0.1, -0.05) is 176 Å². The zero-order valence-electron chi connectivity index (χ0n) is 34.1. The van der Waals surface area contributed by atoms with Gasteiger partial charge < -0.3 is 4.57 Å². The third-order valence-corrected chi connectivity index (χ3v) is 12.8. The Morgan fingerprint density at radius 1 is 0.270 bits per heavy atom. The van der Waals surface area contributed by atoms with E-state index in [1.54, 1.807) is 0 Å². The summed E-state index contributed by atoms with van der Waals surface area (Å²) in [5, 5.41) is 14.3. The molecule has 0 bridgehead atoms. The second kappa shape index (κ2) is 14.1. The fourth-order valence-corrected chi connectivity index (χ4v) is 9.77. The van der Waals surface area contributed by atoms with Gasteiger partial charge in [0.2, 0.25) is 0 Å². The van der Waals surface area contributed by atoms with E-state index in [9.17, 15) is 0 Å². The van der Waals surface area contributed by atoms with Gasteiger partial charge in [-0.05, 0) is 102 Å². The molecule has 13 rings (SSSR count). The van der Waals surface area contributed by atoms with Crippen molar-refractivity contribution >= 4 is 75.7 Å². The standard InChI is InChI=1S/C59H36N4/c1-2-16-40(17-3-1)57-60-58(45-26-25-37-13-4-5-18-41(37)33-45)62-59(61-57)50-30-32-53(51-35-44(27-29-49(50)51)47-24-12-21-38-14-8-10-22-46(38)47)63-54-31-28-39-15-9-11-23-48(39)56(54)52-34-42-19-6-7-20-43(42)36-55(52)63/h1-36H. The van der Waals surface area contributed by atoms with E-state index in [1.807, 2.05) is 18.2 Å². The summed E-state index contributed by atoms with van der Waals surface area (Å²) < 4.78 is 2.48. The normalized spacial score (nSPS) is 11.8. The first-order chi connectivity index (χ1) is 31.2. The molecule has 0 aliphatic rings. The Morgan fingerprint density at radius 2 is 0.873 bits per heavy atom. The molecule has 0 unspecified atom stereocenters. The fourth-order valence-electron chi connectivity index (χ4n) is 9.77. The highest BCUT2D eigenvalue weighted by Crippen LogP contribution is 2.43. The summed E-state index contributed by atoms with van der Waals surface area (Å²) in [6.45, 7) is 0. The third kappa shape index (κ3) is 5.73. The molecule has 2 heterocycles. The van der Waals surface area contributed by atoms with Gasteiger partial charge in [-0.2, -0.15) is 0 Å². The lowest BCUT2D eigenvalue weighted by atomic mass is 9.94. The van der Waals surface area contributed by atoms with E-state index in [0.29, 0.717) is 17.5 Å². The van der Waals surface area contributed by atoms with Gasteiger partial charge in [0.25, 0.3) is 0 Å². The second-order valence-electron chi connectivity index (χ2n) is 16.4. The summed E-state index contributed by atoms with van der Waals surface area (Å²) >= 11 is 0. The molecule has 0 aliphatic carbocycles. The van der Waals surface area contributed by atoms with Gasteiger partial charge in [-0.15, -0.1) is 0 Å². The maximum atomic E-state index is 5.31. The lowest BCUT2D eigenvalue weighted by Gasteiger charge is -2.17. The van der Waals surface area contributed by atoms with Crippen molar-refractivity contribution in [2.45, 2.75) is 0 Å². The van der Waals surface area contributed by atoms with Crippen LogP contribution in [0.25, 0.3) is 127 Å². The molecular weight excluding hydrogens is 765 g/mol. The number of nitrogens with zero attached hydrogens (tertiary/aromatic N) is 4. The van der Waals surface area contributed by atoms with Crippen molar-refractivity contribution in [3.05, 3.63) is 218 Å². The van der Waals surface area contributed by atoms with Gasteiger partial charge in [-0.3, -0.25) is 0 Å². The molecule has 13 aromatic rings. The summed E-state index contributed by atoms with van der Waals surface area (Å²) in [4.78, 5) is 15.7. The summed E-state index contributed by atoms with van der Waals surface area (Å²) in [6.07, 6.45) is 0. The molecule has 0 radical (unpaired) electrons. The molecule has 0 amide bonds. The highest BCUT2D eigenvalue weighted by atomic mass is 15.0. The highest BCUT2D eigenvalue weighted by Gasteiger charge is 2.21. The molecule has 0 N–H and O–H groups in total. The van der Waals surface area contributed by atoms with Crippen LogP contribution in [-0.2, 0) is 0 Å². The minimum absolute atomic E-state index is 0.626. The molecule has 292 valence electrons. The average molecular weight is 801 g/mol. The second-order valence-corrected chi connectivity index (χ2v) is 16.4. The Labute approximate surface area is 363 Å². The van der Waals surface area contributed by atoms with Crippen LogP contribution in [0.15, 0.2) is 218 Å². The van der Waals surface area contributed by atoms with Gasteiger partial charge in [0.05, 0.1) is 16.7 Å². The van der Waals surface area contributed by atoms with Gasteiger partial charge in [0.1, 0.15) is 0 Å². The number of fused-ring (bicyclic) bond motifs is 9. The van der Waals surface area contributed by atoms with Crippen molar-refractivity contribution in [3.8, 4) is 51.0 Å². The lowest BCUT2D eigenvalue weighted by Crippen LogP contribution is -2.02. The molecular formula is C59H36N4.